The zero-order valence-electron chi connectivity index (χ0n) is 22.9. The number of benzene rings is 2. The van der Waals surface area contributed by atoms with Crippen LogP contribution in [-0.4, -0.2) is 46.2 Å². The molecular formula is C30H30ClN5O4S. The summed E-state index contributed by atoms with van der Waals surface area (Å²) in [4.78, 5) is 35.9. The number of dihydropyridines is 1. The first-order valence-electron chi connectivity index (χ1n) is 13.2. The maximum absolute atomic E-state index is 13.6. The number of allylic oxidation sites excluding steroid dienone is 1. The monoisotopic (exact) mass is 591 g/mol. The third kappa shape index (κ3) is 6.04. The first-order chi connectivity index (χ1) is 19.9. The third-order valence-electron chi connectivity index (χ3n) is 6.80. The van der Waals surface area contributed by atoms with Crippen LogP contribution in [0.25, 0.3) is 11.0 Å². The highest BCUT2D eigenvalue weighted by molar-refractivity contribution is 7.13. The van der Waals surface area contributed by atoms with E-state index in [2.05, 4.69) is 25.2 Å². The molecule has 41 heavy (non-hydrogen) atoms. The van der Waals surface area contributed by atoms with Crippen molar-refractivity contribution < 1.29 is 19.1 Å². The number of para-hydroxylation sites is 2. The van der Waals surface area contributed by atoms with Crippen LogP contribution in [-0.2, 0) is 25.6 Å². The number of fused-ring (bicyclic) bond motifs is 1. The van der Waals surface area contributed by atoms with E-state index >= 15 is 0 Å². The summed E-state index contributed by atoms with van der Waals surface area (Å²) < 4.78 is 13.7. The molecule has 5 rings (SSSR count). The van der Waals surface area contributed by atoms with Gasteiger partial charge in [-0.25, -0.2) is 14.8 Å². The zero-order chi connectivity index (χ0) is 28.9. The van der Waals surface area contributed by atoms with Gasteiger partial charge in [0.15, 0.2) is 5.13 Å². The van der Waals surface area contributed by atoms with Crippen molar-refractivity contribution in [3.63, 3.8) is 0 Å². The number of imidazole rings is 1. The Kier molecular flexibility index (Phi) is 8.82. The van der Waals surface area contributed by atoms with E-state index in [-0.39, 0.29) is 24.7 Å². The Hall–Kier alpha value is -3.99. The molecule has 0 saturated carbocycles. The van der Waals surface area contributed by atoms with E-state index in [1.54, 1.807) is 37.6 Å². The fourth-order valence-electron chi connectivity index (χ4n) is 5.04. The first-order valence-corrected chi connectivity index (χ1v) is 14.5. The summed E-state index contributed by atoms with van der Waals surface area (Å²) in [7, 11) is 0. The van der Waals surface area contributed by atoms with Crippen molar-refractivity contribution in [2.24, 2.45) is 0 Å². The average molecular weight is 592 g/mol. The smallest absolute Gasteiger partial charge is 0.336 e. The SMILES string of the molecule is CCOC(=O)C1=C(COCCn2c(C)nc3ccccc32)NC(C)=C(C(=O)Nc2nccs2)C1c1ccccc1Cl. The van der Waals surface area contributed by atoms with E-state index < -0.39 is 11.9 Å². The van der Waals surface area contributed by atoms with Crippen LogP contribution in [0, 0.1) is 6.92 Å². The van der Waals surface area contributed by atoms with Gasteiger partial charge in [-0.3, -0.25) is 10.1 Å². The van der Waals surface area contributed by atoms with Crippen molar-refractivity contribution in [2.45, 2.75) is 33.2 Å². The number of carbonyl (C=O) groups excluding carboxylic acids is 2. The summed E-state index contributed by atoms with van der Waals surface area (Å²) >= 11 is 7.96. The predicted octanol–water partition coefficient (Wildman–Crippen LogP) is 5.59. The van der Waals surface area contributed by atoms with Gasteiger partial charge in [-0.2, -0.15) is 0 Å². The molecule has 1 aliphatic heterocycles. The number of esters is 1. The van der Waals surface area contributed by atoms with Gasteiger partial charge in [-0.1, -0.05) is 41.9 Å². The van der Waals surface area contributed by atoms with E-state index in [4.69, 9.17) is 21.1 Å². The number of amides is 1. The molecule has 212 valence electrons. The Labute approximate surface area is 246 Å². The first kappa shape index (κ1) is 28.5. The molecule has 2 aromatic heterocycles. The van der Waals surface area contributed by atoms with Crippen LogP contribution in [0.3, 0.4) is 0 Å². The molecule has 1 aliphatic rings. The van der Waals surface area contributed by atoms with Gasteiger partial charge in [0.05, 0.1) is 48.0 Å². The molecule has 4 aromatic rings. The number of hydrogen-bond acceptors (Lipinski definition) is 8. The highest BCUT2D eigenvalue weighted by atomic mass is 35.5. The minimum atomic E-state index is -0.789. The van der Waals surface area contributed by atoms with Gasteiger partial charge in [0.1, 0.15) is 5.82 Å². The molecule has 9 nitrogen and oxygen atoms in total. The fraction of sp³-hybridized carbons (Fsp3) is 0.267. The van der Waals surface area contributed by atoms with E-state index in [1.807, 2.05) is 43.3 Å². The summed E-state index contributed by atoms with van der Waals surface area (Å²) in [6.45, 7) is 6.72. The fourth-order valence-corrected chi connectivity index (χ4v) is 5.81. The van der Waals surface area contributed by atoms with Crippen molar-refractivity contribution in [3.05, 3.63) is 99.1 Å². The lowest BCUT2D eigenvalue weighted by Gasteiger charge is -2.32. The number of ether oxygens (including phenoxy) is 2. The number of rotatable bonds is 10. The number of hydrogen-bond donors (Lipinski definition) is 2. The van der Waals surface area contributed by atoms with Gasteiger partial charge in [0.2, 0.25) is 0 Å². The highest BCUT2D eigenvalue weighted by Gasteiger charge is 2.39. The third-order valence-corrected chi connectivity index (χ3v) is 7.84. The van der Waals surface area contributed by atoms with Crippen molar-refractivity contribution in [2.75, 3.05) is 25.1 Å². The van der Waals surface area contributed by atoms with Crippen LogP contribution >= 0.6 is 22.9 Å². The molecule has 0 aliphatic carbocycles. The van der Waals surface area contributed by atoms with E-state index in [0.717, 1.165) is 16.9 Å². The maximum Gasteiger partial charge on any atom is 0.336 e. The van der Waals surface area contributed by atoms with Crippen LogP contribution in [0.5, 0.6) is 0 Å². The molecule has 3 heterocycles. The number of aromatic nitrogens is 3. The summed E-state index contributed by atoms with van der Waals surface area (Å²) in [5, 5.41) is 8.76. The summed E-state index contributed by atoms with van der Waals surface area (Å²) in [5.74, 6) is -0.834. The number of thiazole rings is 1. The van der Waals surface area contributed by atoms with Crippen LogP contribution in [0.4, 0.5) is 5.13 Å². The van der Waals surface area contributed by atoms with Crippen LogP contribution in [0.2, 0.25) is 5.02 Å². The van der Waals surface area contributed by atoms with E-state index in [0.29, 0.717) is 45.8 Å². The van der Waals surface area contributed by atoms with Crippen molar-refractivity contribution in [1.82, 2.24) is 19.9 Å². The normalized spacial score (nSPS) is 15.3. The quantitative estimate of drug-likeness (QED) is 0.183. The molecule has 2 N–H and O–H groups in total. The van der Waals surface area contributed by atoms with Gasteiger partial charge in [-0.15, -0.1) is 11.3 Å². The van der Waals surface area contributed by atoms with E-state index in [1.165, 1.54) is 11.3 Å². The predicted molar refractivity (Wildman–Crippen MR) is 160 cm³/mol. The molecule has 0 spiro atoms. The van der Waals surface area contributed by atoms with Crippen LogP contribution < -0.4 is 10.6 Å². The number of halogens is 1. The van der Waals surface area contributed by atoms with Gasteiger partial charge >= 0.3 is 5.97 Å². The Morgan fingerprint density at radius 3 is 2.66 bits per heavy atom. The second-order valence-electron chi connectivity index (χ2n) is 9.37. The minimum Gasteiger partial charge on any atom is -0.463 e. The molecule has 1 atom stereocenters. The zero-order valence-corrected chi connectivity index (χ0v) is 24.5. The molecular weight excluding hydrogens is 562 g/mol. The largest absolute Gasteiger partial charge is 0.463 e. The molecule has 11 heteroatoms. The molecule has 0 saturated heterocycles. The van der Waals surface area contributed by atoms with Crippen LogP contribution in [0.1, 0.15) is 31.2 Å². The minimum absolute atomic E-state index is 0.0967. The van der Waals surface area contributed by atoms with Gasteiger partial charge < -0.3 is 19.4 Å². The number of anilines is 1. The summed E-state index contributed by atoms with van der Waals surface area (Å²) in [6, 6.07) is 15.1. The average Bonchev–Trinajstić information content (AvgIpc) is 3.58. The second kappa shape index (κ2) is 12.7. The Morgan fingerprint density at radius 1 is 1.12 bits per heavy atom. The van der Waals surface area contributed by atoms with Crippen molar-refractivity contribution in [1.29, 1.82) is 0 Å². The van der Waals surface area contributed by atoms with Crippen molar-refractivity contribution in [3.8, 4) is 0 Å². The Bertz CT molecular complexity index is 1640. The van der Waals surface area contributed by atoms with Crippen LogP contribution in [0.15, 0.2) is 82.6 Å². The second-order valence-corrected chi connectivity index (χ2v) is 10.7. The standard InChI is InChI=1S/C30H30ClN5O4S/c1-4-40-29(38)27-23(17-39-15-14-36-19(3)34-22-11-7-8-12-24(22)36)33-18(2)25(28(37)35-30-32-13-16-41-30)26(27)20-9-5-6-10-21(20)31/h5-13,16,26,33H,4,14-15,17H2,1-3H3,(H,32,35,37). The highest BCUT2D eigenvalue weighted by Crippen LogP contribution is 2.42. The van der Waals surface area contributed by atoms with E-state index in [9.17, 15) is 9.59 Å². The Balaban J connectivity index is 1.47. The van der Waals surface area contributed by atoms with Gasteiger partial charge in [0, 0.05) is 34.4 Å². The number of nitrogens with one attached hydrogen (secondary N) is 2. The summed E-state index contributed by atoms with van der Waals surface area (Å²) in [6.07, 6.45) is 1.61. The number of aryl methyl sites for hydroxylation is 1. The molecule has 0 radical (unpaired) electrons. The van der Waals surface area contributed by atoms with Gasteiger partial charge in [0.25, 0.3) is 5.91 Å². The lowest BCUT2D eigenvalue weighted by atomic mass is 9.80. The molecule has 1 amide bonds. The molecule has 2 aromatic carbocycles. The molecule has 0 fully saturated rings. The Morgan fingerprint density at radius 2 is 1.90 bits per heavy atom. The molecule has 1 unspecified atom stereocenters. The summed E-state index contributed by atoms with van der Waals surface area (Å²) in [5.41, 5.74) is 4.29. The maximum atomic E-state index is 13.6. The van der Waals surface area contributed by atoms with Crippen molar-refractivity contribution >= 4 is 51.0 Å². The molecule has 0 bridgehead atoms. The lowest BCUT2D eigenvalue weighted by Crippen LogP contribution is -2.36. The lowest BCUT2D eigenvalue weighted by molar-refractivity contribution is -0.138. The number of carbonyl (C=O) groups is 2. The topological polar surface area (TPSA) is 107 Å². The number of nitrogens with zero attached hydrogens (tertiary/aromatic N) is 3. The van der Waals surface area contributed by atoms with Gasteiger partial charge in [-0.05, 0) is 44.5 Å².